The first kappa shape index (κ1) is 17.8. The minimum absolute atomic E-state index is 0.476. The molecule has 4 atom stereocenters. The van der Waals surface area contributed by atoms with Gasteiger partial charge in [0, 0.05) is 0 Å². The van der Waals surface area contributed by atoms with Gasteiger partial charge in [-0.3, -0.25) is 0 Å². The molecule has 0 nitrogen and oxygen atoms in total. The van der Waals surface area contributed by atoms with Gasteiger partial charge in [0.15, 0.2) is 0 Å². The van der Waals surface area contributed by atoms with E-state index in [9.17, 15) is 0 Å². The molecule has 0 bridgehead atoms. The van der Waals surface area contributed by atoms with E-state index in [1.165, 1.54) is 62.5 Å². The number of allylic oxidation sites excluding steroid dienone is 6. The SMILES string of the molecule is C=C1CC/C(=C/C=C2\CCCC3(C)C(C(=C)CC)CCC23)CC1C. The molecule has 0 aromatic heterocycles. The smallest absolute Gasteiger partial charge is 0.0140 e. The van der Waals surface area contributed by atoms with Crippen molar-refractivity contribution < 1.29 is 0 Å². The minimum Gasteiger partial charge on any atom is -0.0996 e. The van der Waals surface area contributed by atoms with Crippen LogP contribution in [0.1, 0.15) is 78.6 Å². The van der Waals surface area contributed by atoms with Gasteiger partial charge in [0.1, 0.15) is 0 Å². The van der Waals surface area contributed by atoms with Crippen LogP contribution in [0.15, 0.2) is 47.6 Å². The van der Waals surface area contributed by atoms with Crippen LogP contribution in [-0.4, -0.2) is 0 Å². The lowest BCUT2D eigenvalue weighted by atomic mass is 9.62. The van der Waals surface area contributed by atoms with Crippen LogP contribution in [0.4, 0.5) is 0 Å². The molecular weight excluding hydrogens is 288 g/mol. The molecule has 0 amide bonds. The van der Waals surface area contributed by atoms with Gasteiger partial charge >= 0.3 is 0 Å². The molecule has 0 saturated heterocycles. The van der Waals surface area contributed by atoms with Gasteiger partial charge in [0.2, 0.25) is 0 Å². The van der Waals surface area contributed by atoms with Gasteiger partial charge < -0.3 is 0 Å². The third-order valence-electron chi connectivity index (χ3n) is 7.48. The van der Waals surface area contributed by atoms with Crippen molar-refractivity contribution in [1.29, 1.82) is 0 Å². The molecule has 4 unspecified atom stereocenters. The molecular formula is C24H36. The van der Waals surface area contributed by atoms with E-state index in [1.54, 1.807) is 11.1 Å². The Hall–Kier alpha value is -1.04. The van der Waals surface area contributed by atoms with Crippen molar-refractivity contribution in [3.05, 3.63) is 47.6 Å². The van der Waals surface area contributed by atoms with Crippen molar-refractivity contribution in [3.63, 3.8) is 0 Å². The average molecular weight is 325 g/mol. The van der Waals surface area contributed by atoms with E-state index in [1.807, 2.05) is 0 Å². The second-order valence-electron chi connectivity index (χ2n) is 8.88. The van der Waals surface area contributed by atoms with Crippen LogP contribution < -0.4 is 0 Å². The van der Waals surface area contributed by atoms with Gasteiger partial charge in [-0.2, -0.15) is 0 Å². The first-order valence-electron chi connectivity index (χ1n) is 10.2. The highest BCUT2D eigenvalue weighted by atomic mass is 14.5. The molecule has 0 aromatic rings. The summed E-state index contributed by atoms with van der Waals surface area (Å²) in [6.07, 6.45) is 16.6. The van der Waals surface area contributed by atoms with E-state index >= 15 is 0 Å². The van der Waals surface area contributed by atoms with Gasteiger partial charge in [-0.15, -0.1) is 0 Å². The first-order chi connectivity index (χ1) is 11.5. The Morgan fingerprint density at radius 1 is 1.21 bits per heavy atom. The fourth-order valence-corrected chi connectivity index (χ4v) is 5.74. The summed E-state index contributed by atoms with van der Waals surface area (Å²) in [5.41, 5.74) is 6.80. The summed E-state index contributed by atoms with van der Waals surface area (Å²) in [6, 6.07) is 0. The Kier molecular flexibility index (Phi) is 5.23. The van der Waals surface area contributed by atoms with Gasteiger partial charge in [-0.05, 0) is 81.0 Å². The molecule has 3 saturated carbocycles. The molecule has 3 rings (SSSR count). The van der Waals surface area contributed by atoms with Crippen molar-refractivity contribution in [1.82, 2.24) is 0 Å². The maximum atomic E-state index is 4.41. The van der Waals surface area contributed by atoms with E-state index in [4.69, 9.17) is 0 Å². The zero-order chi connectivity index (χ0) is 17.3. The van der Waals surface area contributed by atoms with Crippen LogP contribution in [0.25, 0.3) is 0 Å². The molecule has 132 valence electrons. The summed E-state index contributed by atoms with van der Waals surface area (Å²) in [6.45, 7) is 15.8. The van der Waals surface area contributed by atoms with Crippen LogP contribution >= 0.6 is 0 Å². The van der Waals surface area contributed by atoms with Gasteiger partial charge in [-0.1, -0.05) is 68.4 Å². The summed E-state index contributed by atoms with van der Waals surface area (Å²) >= 11 is 0. The molecule has 0 N–H and O–H groups in total. The summed E-state index contributed by atoms with van der Waals surface area (Å²) in [5.74, 6) is 2.22. The Balaban J connectivity index is 1.77. The highest BCUT2D eigenvalue weighted by molar-refractivity contribution is 5.28. The van der Waals surface area contributed by atoms with E-state index in [0.717, 1.165) is 18.3 Å². The quantitative estimate of drug-likeness (QED) is 0.474. The number of rotatable bonds is 3. The van der Waals surface area contributed by atoms with Crippen LogP contribution in [0.5, 0.6) is 0 Å². The molecule has 0 aliphatic heterocycles. The molecule has 0 heterocycles. The zero-order valence-corrected chi connectivity index (χ0v) is 16.2. The molecule has 0 radical (unpaired) electrons. The molecule has 3 aliphatic rings. The fraction of sp³-hybridized carbons (Fsp3) is 0.667. The lowest BCUT2D eigenvalue weighted by Crippen LogP contribution is -2.33. The Morgan fingerprint density at radius 2 is 2.00 bits per heavy atom. The maximum absolute atomic E-state index is 4.41. The number of hydrogen-bond donors (Lipinski definition) is 0. The predicted octanol–water partition coefficient (Wildman–Crippen LogP) is 7.40. The van der Waals surface area contributed by atoms with Gasteiger partial charge in [-0.25, -0.2) is 0 Å². The summed E-state index contributed by atoms with van der Waals surface area (Å²) in [7, 11) is 0. The van der Waals surface area contributed by atoms with Crippen molar-refractivity contribution in [2.75, 3.05) is 0 Å². The number of fused-ring (bicyclic) bond motifs is 1. The summed E-state index contributed by atoms with van der Waals surface area (Å²) < 4.78 is 0. The second-order valence-corrected chi connectivity index (χ2v) is 8.88. The molecule has 24 heavy (non-hydrogen) atoms. The van der Waals surface area contributed by atoms with Crippen molar-refractivity contribution >= 4 is 0 Å². The third-order valence-corrected chi connectivity index (χ3v) is 7.48. The largest absolute Gasteiger partial charge is 0.0996 e. The van der Waals surface area contributed by atoms with E-state index in [0.29, 0.717) is 11.3 Å². The predicted molar refractivity (Wildman–Crippen MR) is 106 cm³/mol. The minimum atomic E-state index is 0.476. The Labute approximate surface area is 149 Å². The van der Waals surface area contributed by atoms with Gasteiger partial charge in [0.25, 0.3) is 0 Å². The normalized spacial score (nSPS) is 40.1. The summed E-state index contributed by atoms with van der Waals surface area (Å²) in [4.78, 5) is 0. The second kappa shape index (κ2) is 7.06. The maximum Gasteiger partial charge on any atom is -0.0140 e. The molecule has 3 fully saturated rings. The molecule has 0 spiro atoms. The lowest BCUT2D eigenvalue weighted by molar-refractivity contribution is 0.154. The molecule has 0 heteroatoms. The van der Waals surface area contributed by atoms with Crippen LogP contribution in [-0.2, 0) is 0 Å². The highest BCUT2D eigenvalue weighted by Crippen LogP contribution is 2.59. The summed E-state index contributed by atoms with van der Waals surface area (Å²) in [5, 5.41) is 0. The average Bonchev–Trinajstić information content (AvgIpc) is 2.92. The molecule has 0 aromatic carbocycles. The first-order valence-corrected chi connectivity index (χ1v) is 10.2. The highest BCUT2D eigenvalue weighted by Gasteiger charge is 2.49. The number of hydrogen-bond acceptors (Lipinski definition) is 0. The Morgan fingerprint density at radius 3 is 2.71 bits per heavy atom. The van der Waals surface area contributed by atoms with Crippen LogP contribution in [0, 0.1) is 23.2 Å². The lowest BCUT2D eigenvalue weighted by Gasteiger charge is -2.43. The van der Waals surface area contributed by atoms with Crippen molar-refractivity contribution in [2.24, 2.45) is 23.2 Å². The third kappa shape index (κ3) is 3.22. The van der Waals surface area contributed by atoms with Crippen molar-refractivity contribution in [2.45, 2.75) is 78.6 Å². The monoisotopic (exact) mass is 324 g/mol. The van der Waals surface area contributed by atoms with E-state index in [2.05, 4.69) is 46.1 Å². The standard InChI is InChI=1S/C24H36/c1-6-17(2)22-13-14-23-21(8-7-15-24(22,23)5)12-11-20-10-9-18(3)19(4)16-20/h11-12,19,22-23H,2-3,6-10,13-16H2,1,4-5H3/b20-11-,21-12+. The molecule has 3 aliphatic carbocycles. The fourth-order valence-electron chi connectivity index (χ4n) is 5.74. The van der Waals surface area contributed by atoms with Crippen LogP contribution in [0.3, 0.4) is 0 Å². The van der Waals surface area contributed by atoms with E-state index in [-0.39, 0.29) is 0 Å². The van der Waals surface area contributed by atoms with Gasteiger partial charge in [0.05, 0.1) is 0 Å². The Bertz CT molecular complexity index is 573. The van der Waals surface area contributed by atoms with Crippen LogP contribution in [0.2, 0.25) is 0 Å². The zero-order valence-electron chi connectivity index (χ0n) is 16.2. The topological polar surface area (TPSA) is 0 Å². The van der Waals surface area contributed by atoms with E-state index < -0.39 is 0 Å². The van der Waals surface area contributed by atoms with Crippen molar-refractivity contribution in [3.8, 4) is 0 Å².